The predicted molar refractivity (Wildman–Crippen MR) is 156 cm³/mol. The van der Waals surface area contributed by atoms with Gasteiger partial charge in [-0.2, -0.15) is 0 Å². The summed E-state index contributed by atoms with van der Waals surface area (Å²) in [6.07, 6.45) is 8.17. The number of ketones is 1. The first-order valence-corrected chi connectivity index (χ1v) is 15.3. The number of benzene rings is 1. The summed E-state index contributed by atoms with van der Waals surface area (Å²) < 4.78 is 6.38. The Morgan fingerprint density at radius 3 is 2.59 bits per heavy atom. The van der Waals surface area contributed by atoms with E-state index in [0.717, 1.165) is 44.4 Å². The highest BCUT2D eigenvalue weighted by atomic mass is 16.5. The molecule has 1 heterocycles. The highest BCUT2D eigenvalue weighted by molar-refractivity contribution is 5.84. The third-order valence-corrected chi connectivity index (χ3v) is 12.6. The van der Waals surface area contributed by atoms with Crippen LogP contribution >= 0.6 is 0 Å². The van der Waals surface area contributed by atoms with Crippen LogP contribution in [0, 0.1) is 39.9 Å². The lowest BCUT2D eigenvalue weighted by Crippen LogP contribution is -2.55. The first kappa shape index (κ1) is 27.2. The Morgan fingerprint density at radius 1 is 1.13 bits per heavy atom. The van der Waals surface area contributed by atoms with Crippen LogP contribution in [0.1, 0.15) is 71.8 Å². The largest absolute Gasteiger partial charge is 0.480 e. The maximum absolute atomic E-state index is 14.0. The van der Waals surface area contributed by atoms with Crippen LogP contribution < -0.4 is 0 Å². The summed E-state index contributed by atoms with van der Waals surface area (Å²) in [5.74, 6) is 2.19. The molecule has 1 aromatic rings. The van der Waals surface area contributed by atoms with Crippen molar-refractivity contribution in [2.45, 2.75) is 90.8 Å². The average molecular weight is 533 g/mol. The first-order valence-electron chi connectivity index (χ1n) is 15.3. The van der Waals surface area contributed by atoms with Gasteiger partial charge in [0, 0.05) is 36.1 Å². The molecule has 1 aromatic carbocycles. The van der Waals surface area contributed by atoms with Crippen LogP contribution in [0.4, 0.5) is 0 Å². The van der Waals surface area contributed by atoms with Gasteiger partial charge in [0.05, 0.1) is 18.8 Å². The minimum atomic E-state index is -0.361. The number of allylic oxidation sites excluding steroid dienone is 1. The van der Waals surface area contributed by atoms with E-state index in [1.807, 2.05) is 6.07 Å². The molecule has 212 valence electrons. The lowest BCUT2D eigenvalue weighted by molar-refractivity contribution is -0.147. The van der Waals surface area contributed by atoms with Crippen molar-refractivity contribution in [1.29, 1.82) is 0 Å². The van der Waals surface area contributed by atoms with E-state index in [1.165, 1.54) is 11.1 Å². The molecule has 39 heavy (non-hydrogen) atoms. The normalized spacial score (nSPS) is 44.2. The standard InChI is InChI=1S/C34H48N2O3/c1-21(36(5)6)31-28(38)19-33(3)26-14-13-25-23(17-24(26)27(37)18-34(31,33)4)12-15-29-32(25,2)20-39-30(35-29)16-22-10-8-7-9-11-22/h7-12,21,24-26,28-29,31,38H,13-20H2,1-6H3/t21-,24+,25+,26+,28+,29-,31-,32-,33-,34+/m0/s1. The van der Waals surface area contributed by atoms with Gasteiger partial charge in [0.25, 0.3) is 0 Å². The Morgan fingerprint density at radius 2 is 1.87 bits per heavy atom. The minimum Gasteiger partial charge on any atom is -0.480 e. The Labute approximate surface area is 235 Å². The summed E-state index contributed by atoms with van der Waals surface area (Å²) in [6.45, 7) is 10.1. The molecule has 0 saturated heterocycles. The van der Waals surface area contributed by atoms with E-state index < -0.39 is 0 Å². The lowest BCUT2D eigenvalue weighted by atomic mass is 9.48. The molecule has 5 aliphatic rings. The number of Topliss-reactive ketones (excluding diaryl/α,β-unsaturated/α-hetero) is 1. The Bertz CT molecular complexity index is 1180. The van der Waals surface area contributed by atoms with Gasteiger partial charge in [-0.3, -0.25) is 9.79 Å². The van der Waals surface area contributed by atoms with Crippen LogP contribution in [-0.2, 0) is 16.0 Å². The lowest BCUT2D eigenvalue weighted by Gasteiger charge is -2.56. The fourth-order valence-electron chi connectivity index (χ4n) is 9.99. The molecule has 1 N–H and O–H groups in total. The third-order valence-electron chi connectivity index (χ3n) is 12.6. The second-order valence-corrected chi connectivity index (χ2v) is 14.5. The van der Waals surface area contributed by atoms with Crippen molar-refractivity contribution in [1.82, 2.24) is 4.90 Å². The number of aliphatic hydroxyl groups is 1. The number of aliphatic imine (C=N–C) groups is 1. The maximum Gasteiger partial charge on any atom is 0.188 e. The second-order valence-electron chi connectivity index (χ2n) is 14.5. The first-order chi connectivity index (χ1) is 18.5. The van der Waals surface area contributed by atoms with Gasteiger partial charge in [-0.15, -0.1) is 0 Å². The number of aliphatic hydroxyl groups excluding tert-OH is 1. The molecule has 5 nitrogen and oxygen atoms in total. The van der Waals surface area contributed by atoms with Gasteiger partial charge < -0.3 is 14.7 Å². The summed E-state index contributed by atoms with van der Waals surface area (Å²) in [6, 6.07) is 10.9. The van der Waals surface area contributed by atoms with E-state index in [9.17, 15) is 9.90 Å². The summed E-state index contributed by atoms with van der Waals surface area (Å²) >= 11 is 0. The molecule has 0 unspecified atom stereocenters. The average Bonchev–Trinajstić information content (AvgIpc) is 3.01. The molecule has 0 aromatic heterocycles. The summed E-state index contributed by atoms with van der Waals surface area (Å²) in [5.41, 5.74) is 2.44. The number of rotatable bonds is 4. The van der Waals surface area contributed by atoms with Gasteiger partial charge in [-0.05, 0) is 81.4 Å². The maximum atomic E-state index is 14.0. The van der Waals surface area contributed by atoms with Gasteiger partial charge in [0.2, 0.25) is 0 Å². The number of fused-ring (bicyclic) bond motifs is 6. The van der Waals surface area contributed by atoms with Crippen molar-refractivity contribution in [3.05, 3.63) is 47.5 Å². The van der Waals surface area contributed by atoms with E-state index in [2.05, 4.69) is 77.0 Å². The summed E-state index contributed by atoms with van der Waals surface area (Å²) in [7, 11) is 4.20. The van der Waals surface area contributed by atoms with E-state index in [-0.39, 0.29) is 46.3 Å². The van der Waals surface area contributed by atoms with Gasteiger partial charge in [0.15, 0.2) is 5.90 Å². The zero-order valence-electron chi connectivity index (χ0n) is 24.8. The van der Waals surface area contributed by atoms with Crippen LogP contribution in [0.3, 0.4) is 0 Å². The topological polar surface area (TPSA) is 62.1 Å². The second kappa shape index (κ2) is 9.55. The monoisotopic (exact) mass is 532 g/mol. The number of ether oxygens (including phenoxy) is 1. The smallest absolute Gasteiger partial charge is 0.188 e. The molecule has 3 saturated carbocycles. The number of hydrogen-bond donors (Lipinski definition) is 1. The van der Waals surface area contributed by atoms with Gasteiger partial charge >= 0.3 is 0 Å². The number of carbonyl (C=O) groups excluding carboxylic acids is 1. The Kier molecular flexibility index (Phi) is 6.66. The highest BCUT2D eigenvalue weighted by Gasteiger charge is 2.68. The third kappa shape index (κ3) is 4.09. The summed E-state index contributed by atoms with van der Waals surface area (Å²) in [5, 5.41) is 11.5. The van der Waals surface area contributed by atoms with Crippen molar-refractivity contribution in [3.63, 3.8) is 0 Å². The number of carbonyl (C=O) groups is 1. The fraction of sp³-hybridized carbons (Fsp3) is 0.706. The molecule has 0 radical (unpaired) electrons. The quantitative estimate of drug-likeness (QED) is 0.505. The molecule has 4 aliphatic carbocycles. The van der Waals surface area contributed by atoms with E-state index in [4.69, 9.17) is 9.73 Å². The van der Waals surface area contributed by atoms with Crippen LogP contribution in [0.25, 0.3) is 0 Å². The molecular weight excluding hydrogens is 484 g/mol. The van der Waals surface area contributed by atoms with E-state index in [0.29, 0.717) is 30.6 Å². The Balaban J connectivity index is 1.28. The predicted octanol–water partition coefficient (Wildman–Crippen LogP) is 5.71. The van der Waals surface area contributed by atoms with Crippen LogP contribution in [0.5, 0.6) is 0 Å². The van der Waals surface area contributed by atoms with Crippen LogP contribution in [0.15, 0.2) is 47.0 Å². The Hall–Kier alpha value is -1.98. The van der Waals surface area contributed by atoms with Crippen molar-refractivity contribution in [2.75, 3.05) is 20.7 Å². The fourth-order valence-corrected chi connectivity index (χ4v) is 9.99. The zero-order valence-corrected chi connectivity index (χ0v) is 24.8. The van der Waals surface area contributed by atoms with Crippen molar-refractivity contribution < 1.29 is 14.6 Å². The summed E-state index contributed by atoms with van der Waals surface area (Å²) in [4.78, 5) is 21.4. The van der Waals surface area contributed by atoms with Crippen LogP contribution in [0.2, 0.25) is 0 Å². The van der Waals surface area contributed by atoms with E-state index >= 15 is 0 Å². The van der Waals surface area contributed by atoms with Gasteiger partial charge in [0.1, 0.15) is 5.78 Å². The number of nitrogens with zero attached hydrogens (tertiary/aromatic N) is 2. The SMILES string of the molecule is C[C@@H]([C@H]1[C@H](O)C[C@@]2(C)[C@@H]3CC[C@@H]4C(=CC[C@@H]5N=C(Cc6ccccc6)OC[C@]54C)C[C@H]3C(=O)C[C@]12C)N(C)C. The van der Waals surface area contributed by atoms with E-state index in [1.54, 1.807) is 0 Å². The van der Waals surface area contributed by atoms with Crippen molar-refractivity contribution in [3.8, 4) is 0 Å². The molecular formula is C34H48N2O3. The minimum absolute atomic E-state index is 0.0395. The molecule has 0 bridgehead atoms. The van der Waals surface area contributed by atoms with Crippen LogP contribution in [-0.4, -0.2) is 60.6 Å². The molecule has 6 rings (SSSR count). The van der Waals surface area contributed by atoms with Gasteiger partial charge in [-0.1, -0.05) is 62.8 Å². The molecule has 0 amide bonds. The number of hydrogen-bond acceptors (Lipinski definition) is 5. The highest BCUT2D eigenvalue weighted by Crippen LogP contribution is 2.69. The molecule has 10 atom stereocenters. The van der Waals surface area contributed by atoms with Gasteiger partial charge in [-0.25, -0.2) is 0 Å². The molecule has 0 spiro atoms. The molecule has 3 fully saturated rings. The van der Waals surface area contributed by atoms with Crippen molar-refractivity contribution in [2.24, 2.45) is 44.9 Å². The molecule has 1 aliphatic heterocycles. The van der Waals surface area contributed by atoms with Crippen molar-refractivity contribution >= 4 is 11.7 Å². The molecule has 5 heteroatoms. The zero-order chi connectivity index (χ0) is 27.7.